The lowest BCUT2D eigenvalue weighted by Gasteiger charge is -2.17. The third-order valence-corrected chi connectivity index (χ3v) is 3.79. The summed E-state index contributed by atoms with van der Waals surface area (Å²) in [5.41, 5.74) is 2.32. The van der Waals surface area contributed by atoms with Gasteiger partial charge in [0.05, 0.1) is 30.0 Å². The topological polar surface area (TPSA) is 101 Å². The van der Waals surface area contributed by atoms with Gasteiger partial charge < -0.3 is 14.5 Å². The summed E-state index contributed by atoms with van der Waals surface area (Å²) in [6.07, 6.45) is 1.23. The quantitative estimate of drug-likeness (QED) is 0.910. The summed E-state index contributed by atoms with van der Waals surface area (Å²) in [6, 6.07) is 3.50. The summed E-state index contributed by atoms with van der Waals surface area (Å²) < 4.78 is 6.91. The number of hydrogen-bond acceptors (Lipinski definition) is 5. The van der Waals surface area contributed by atoms with Crippen molar-refractivity contribution in [3.05, 3.63) is 35.0 Å². The minimum Gasteiger partial charge on any atom is -0.481 e. The minimum atomic E-state index is -0.842. The fourth-order valence-electron chi connectivity index (χ4n) is 2.67. The van der Waals surface area contributed by atoms with Gasteiger partial charge in [0.2, 0.25) is 5.76 Å². The van der Waals surface area contributed by atoms with E-state index in [-0.39, 0.29) is 18.1 Å². The first-order chi connectivity index (χ1) is 11.0. The van der Waals surface area contributed by atoms with Crippen molar-refractivity contribution in [3.8, 4) is 0 Å². The molecule has 1 amide bonds. The van der Waals surface area contributed by atoms with E-state index in [1.165, 1.54) is 0 Å². The number of carboxylic acid groups (broad SMARTS) is 1. The van der Waals surface area contributed by atoms with Gasteiger partial charge in [-0.15, -0.1) is 0 Å². The largest absolute Gasteiger partial charge is 0.481 e. The first-order valence-electron chi connectivity index (χ1n) is 7.53. The average molecular weight is 318 g/mol. The Balaban J connectivity index is 1.74. The van der Waals surface area contributed by atoms with E-state index in [2.05, 4.69) is 10.3 Å². The predicted octanol–water partition coefficient (Wildman–Crippen LogP) is 1.24. The lowest BCUT2D eigenvalue weighted by Crippen LogP contribution is -2.30. The van der Waals surface area contributed by atoms with Crippen LogP contribution in [0.5, 0.6) is 0 Å². The van der Waals surface area contributed by atoms with E-state index in [0.29, 0.717) is 31.7 Å². The van der Waals surface area contributed by atoms with Crippen LogP contribution in [-0.4, -0.2) is 43.4 Å². The van der Waals surface area contributed by atoms with E-state index >= 15 is 0 Å². The number of carboxylic acids is 1. The van der Waals surface area contributed by atoms with Crippen molar-refractivity contribution >= 4 is 11.9 Å². The SMILES string of the molecule is Cc1cc(C(=O)N2CCCn3nc(CCC(=O)O)cc3C2)on1. The molecule has 3 heterocycles. The molecule has 1 N–H and O–H groups in total. The molecular formula is C15H18N4O4. The van der Waals surface area contributed by atoms with Gasteiger partial charge in [-0.3, -0.25) is 14.3 Å². The van der Waals surface area contributed by atoms with Gasteiger partial charge in [-0.05, 0) is 19.4 Å². The van der Waals surface area contributed by atoms with Gasteiger partial charge >= 0.3 is 5.97 Å². The van der Waals surface area contributed by atoms with Gasteiger partial charge in [-0.25, -0.2) is 0 Å². The number of rotatable bonds is 4. The van der Waals surface area contributed by atoms with Crippen LogP contribution in [0, 0.1) is 6.92 Å². The molecule has 122 valence electrons. The molecule has 2 aromatic rings. The average Bonchev–Trinajstić information content (AvgIpc) is 3.05. The molecule has 0 bridgehead atoms. The van der Waals surface area contributed by atoms with Crippen molar-refractivity contribution in [2.45, 2.75) is 39.3 Å². The Labute approximate surface area is 132 Å². The molecule has 1 aliphatic rings. The standard InChI is InChI=1S/C15H18N4O4/c1-10-7-13(23-17-10)15(22)18-5-2-6-19-12(9-18)8-11(16-19)3-4-14(20)21/h7-8H,2-6,9H2,1H3,(H,20,21). The molecule has 0 unspecified atom stereocenters. The number of amides is 1. The number of carbonyl (C=O) groups excluding carboxylic acids is 1. The Morgan fingerprint density at radius 3 is 2.87 bits per heavy atom. The van der Waals surface area contributed by atoms with Gasteiger partial charge in [0.25, 0.3) is 5.91 Å². The van der Waals surface area contributed by atoms with Crippen molar-refractivity contribution in [2.24, 2.45) is 0 Å². The Hall–Kier alpha value is -2.64. The molecule has 0 fully saturated rings. The number of hydrogen-bond donors (Lipinski definition) is 1. The second kappa shape index (κ2) is 6.23. The van der Waals surface area contributed by atoms with E-state index in [1.807, 2.05) is 10.7 Å². The van der Waals surface area contributed by atoms with Crippen molar-refractivity contribution in [1.29, 1.82) is 0 Å². The second-order valence-electron chi connectivity index (χ2n) is 5.66. The fourth-order valence-corrected chi connectivity index (χ4v) is 2.67. The molecular weight excluding hydrogens is 300 g/mol. The molecule has 23 heavy (non-hydrogen) atoms. The fraction of sp³-hybridized carbons (Fsp3) is 0.467. The number of nitrogens with zero attached hydrogens (tertiary/aromatic N) is 4. The third kappa shape index (κ3) is 3.41. The van der Waals surface area contributed by atoms with Crippen molar-refractivity contribution in [2.75, 3.05) is 6.54 Å². The smallest absolute Gasteiger partial charge is 0.303 e. The first kappa shape index (κ1) is 15.3. The lowest BCUT2D eigenvalue weighted by atomic mass is 10.2. The second-order valence-corrected chi connectivity index (χ2v) is 5.66. The molecule has 3 rings (SSSR count). The van der Waals surface area contributed by atoms with Crippen LogP contribution in [0.2, 0.25) is 0 Å². The van der Waals surface area contributed by atoms with Crippen LogP contribution in [0.25, 0.3) is 0 Å². The predicted molar refractivity (Wildman–Crippen MR) is 78.8 cm³/mol. The molecule has 0 atom stereocenters. The van der Waals surface area contributed by atoms with Gasteiger partial charge in [0, 0.05) is 25.6 Å². The molecule has 0 spiro atoms. The minimum absolute atomic E-state index is 0.0520. The number of aromatic nitrogens is 3. The molecule has 0 saturated carbocycles. The first-order valence-corrected chi connectivity index (χ1v) is 7.53. The zero-order chi connectivity index (χ0) is 16.4. The molecule has 0 radical (unpaired) electrons. The highest BCUT2D eigenvalue weighted by molar-refractivity contribution is 5.91. The monoisotopic (exact) mass is 318 g/mol. The number of fused-ring (bicyclic) bond motifs is 1. The molecule has 8 heteroatoms. The van der Waals surface area contributed by atoms with Crippen LogP contribution in [0.15, 0.2) is 16.7 Å². The van der Waals surface area contributed by atoms with Crippen LogP contribution in [0.1, 0.15) is 40.5 Å². The zero-order valence-electron chi connectivity index (χ0n) is 12.9. The van der Waals surface area contributed by atoms with E-state index < -0.39 is 5.97 Å². The van der Waals surface area contributed by atoms with E-state index in [0.717, 1.165) is 17.8 Å². The van der Waals surface area contributed by atoms with Gasteiger partial charge in [0.15, 0.2) is 0 Å². The summed E-state index contributed by atoms with van der Waals surface area (Å²) >= 11 is 0. The van der Waals surface area contributed by atoms with Crippen LogP contribution in [0.4, 0.5) is 0 Å². The summed E-state index contributed by atoms with van der Waals surface area (Å²) in [4.78, 5) is 24.9. The molecule has 8 nitrogen and oxygen atoms in total. The third-order valence-electron chi connectivity index (χ3n) is 3.79. The molecule has 0 saturated heterocycles. The number of aliphatic carboxylic acids is 1. The van der Waals surface area contributed by atoms with Crippen LogP contribution < -0.4 is 0 Å². The number of aryl methyl sites for hydroxylation is 3. The normalized spacial score (nSPS) is 14.4. The van der Waals surface area contributed by atoms with Gasteiger partial charge in [0.1, 0.15) is 0 Å². The molecule has 0 aliphatic carbocycles. The summed E-state index contributed by atoms with van der Waals surface area (Å²) in [5.74, 6) is -0.792. The summed E-state index contributed by atoms with van der Waals surface area (Å²) in [5, 5.41) is 16.9. The molecule has 0 aromatic carbocycles. The Morgan fingerprint density at radius 1 is 1.35 bits per heavy atom. The van der Waals surface area contributed by atoms with E-state index in [4.69, 9.17) is 9.63 Å². The highest BCUT2D eigenvalue weighted by Gasteiger charge is 2.24. The Bertz CT molecular complexity index is 734. The lowest BCUT2D eigenvalue weighted by molar-refractivity contribution is -0.136. The maximum atomic E-state index is 12.5. The van der Waals surface area contributed by atoms with Crippen molar-refractivity contribution < 1.29 is 19.2 Å². The van der Waals surface area contributed by atoms with Crippen LogP contribution in [-0.2, 0) is 24.3 Å². The van der Waals surface area contributed by atoms with Crippen LogP contribution >= 0.6 is 0 Å². The maximum absolute atomic E-state index is 12.5. The van der Waals surface area contributed by atoms with Gasteiger partial charge in [-0.1, -0.05) is 5.16 Å². The van der Waals surface area contributed by atoms with E-state index in [1.54, 1.807) is 17.9 Å². The summed E-state index contributed by atoms with van der Waals surface area (Å²) in [6.45, 7) is 3.53. The van der Waals surface area contributed by atoms with Crippen molar-refractivity contribution in [3.63, 3.8) is 0 Å². The van der Waals surface area contributed by atoms with Crippen molar-refractivity contribution in [1.82, 2.24) is 19.8 Å². The number of carbonyl (C=O) groups is 2. The zero-order valence-corrected chi connectivity index (χ0v) is 12.9. The summed E-state index contributed by atoms with van der Waals surface area (Å²) in [7, 11) is 0. The highest BCUT2D eigenvalue weighted by Crippen LogP contribution is 2.17. The Morgan fingerprint density at radius 2 is 2.17 bits per heavy atom. The van der Waals surface area contributed by atoms with Crippen LogP contribution in [0.3, 0.4) is 0 Å². The molecule has 1 aliphatic heterocycles. The Kier molecular flexibility index (Phi) is 4.14. The molecule has 2 aromatic heterocycles. The maximum Gasteiger partial charge on any atom is 0.303 e. The van der Waals surface area contributed by atoms with Gasteiger partial charge in [-0.2, -0.15) is 5.10 Å². The van der Waals surface area contributed by atoms with E-state index in [9.17, 15) is 9.59 Å². The highest BCUT2D eigenvalue weighted by atomic mass is 16.5.